The molecule has 3 heteroatoms. The highest BCUT2D eigenvalue weighted by Crippen LogP contribution is 2.29. The van der Waals surface area contributed by atoms with Gasteiger partial charge in [-0.05, 0) is 34.0 Å². The molecule has 0 aliphatic rings. The third kappa shape index (κ3) is 3.24. The molecule has 0 saturated heterocycles. The van der Waals surface area contributed by atoms with E-state index in [-0.39, 0.29) is 5.88 Å². The number of benzene rings is 3. The lowest BCUT2D eigenvalue weighted by Crippen LogP contribution is -2.20. The monoisotopic (exact) mass is 311 g/mol. The van der Waals surface area contributed by atoms with Crippen LogP contribution in [0.3, 0.4) is 0 Å². The van der Waals surface area contributed by atoms with Gasteiger partial charge in [0.1, 0.15) is 0 Å². The highest BCUT2D eigenvalue weighted by Gasteiger charge is 2.05. The van der Waals surface area contributed by atoms with Gasteiger partial charge in [-0.3, -0.25) is 0 Å². The zero-order valence-corrected chi connectivity index (χ0v) is 12.9. The van der Waals surface area contributed by atoms with Crippen molar-refractivity contribution in [3.8, 4) is 11.1 Å². The van der Waals surface area contributed by atoms with Gasteiger partial charge in [0.25, 0.3) is 0 Å². The van der Waals surface area contributed by atoms with Crippen LogP contribution in [0.2, 0.25) is 0 Å². The molecule has 0 aliphatic heterocycles. The molecule has 3 aromatic rings. The zero-order valence-electron chi connectivity index (χ0n) is 12.2. The Morgan fingerprint density at radius 2 is 1.73 bits per heavy atom. The summed E-state index contributed by atoms with van der Waals surface area (Å²) >= 11 is 5.62. The minimum atomic E-state index is -0.539. The minimum absolute atomic E-state index is 0.232. The molecule has 0 radical (unpaired) electrons. The highest BCUT2D eigenvalue weighted by atomic mass is 35.5. The van der Waals surface area contributed by atoms with E-state index in [2.05, 4.69) is 59.9 Å². The lowest BCUT2D eigenvalue weighted by atomic mass is 9.98. The highest BCUT2D eigenvalue weighted by molar-refractivity contribution is 6.18. The quantitative estimate of drug-likeness (QED) is 0.679. The predicted octanol–water partition coefficient (Wildman–Crippen LogP) is 4.52. The van der Waals surface area contributed by atoms with E-state index in [0.29, 0.717) is 6.54 Å². The van der Waals surface area contributed by atoms with Crippen molar-refractivity contribution in [3.63, 3.8) is 0 Å². The first-order valence-corrected chi connectivity index (χ1v) is 7.87. The second-order valence-electron chi connectivity index (χ2n) is 5.30. The molecule has 0 spiro atoms. The number of hydrogen-bond acceptors (Lipinski definition) is 2. The number of aliphatic hydroxyl groups is 1. The van der Waals surface area contributed by atoms with Crippen molar-refractivity contribution in [1.82, 2.24) is 0 Å². The maximum atomic E-state index is 9.55. The van der Waals surface area contributed by atoms with Crippen LogP contribution in [0, 0.1) is 0 Å². The van der Waals surface area contributed by atoms with Gasteiger partial charge in [0.2, 0.25) is 0 Å². The predicted molar refractivity (Wildman–Crippen MR) is 94.6 cm³/mol. The molecule has 0 aliphatic carbocycles. The summed E-state index contributed by atoms with van der Waals surface area (Å²) in [5, 5.41) is 15.2. The maximum Gasteiger partial charge on any atom is 0.0847 e. The Morgan fingerprint density at radius 1 is 0.955 bits per heavy atom. The Labute approximate surface area is 135 Å². The molecule has 3 aromatic carbocycles. The summed E-state index contributed by atoms with van der Waals surface area (Å²) in [7, 11) is 0. The van der Waals surface area contributed by atoms with Crippen molar-refractivity contribution in [1.29, 1.82) is 0 Å². The molecule has 2 N–H and O–H groups in total. The van der Waals surface area contributed by atoms with Gasteiger partial charge in [0.05, 0.1) is 12.0 Å². The molecule has 0 heterocycles. The molecule has 0 fully saturated rings. The summed E-state index contributed by atoms with van der Waals surface area (Å²) in [6.45, 7) is 0.447. The molecular formula is C19H18ClNO. The number of fused-ring (bicyclic) bond motifs is 1. The summed E-state index contributed by atoms with van der Waals surface area (Å²) < 4.78 is 0. The van der Waals surface area contributed by atoms with E-state index in [4.69, 9.17) is 11.6 Å². The fourth-order valence-corrected chi connectivity index (χ4v) is 2.67. The molecule has 112 valence electrons. The third-order valence-corrected chi connectivity index (χ3v) is 4.04. The summed E-state index contributed by atoms with van der Waals surface area (Å²) in [5.74, 6) is 0.232. The molecule has 2 nitrogen and oxygen atoms in total. The fraction of sp³-hybridized carbons (Fsp3) is 0.158. The van der Waals surface area contributed by atoms with E-state index in [1.165, 1.54) is 16.3 Å². The van der Waals surface area contributed by atoms with Gasteiger partial charge in [-0.25, -0.2) is 0 Å². The van der Waals surface area contributed by atoms with Crippen LogP contribution in [0.25, 0.3) is 21.9 Å². The number of nitrogens with one attached hydrogen (secondary N) is 1. The van der Waals surface area contributed by atoms with Gasteiger partial charge in [-0.2, -0.15) is 0 Å². The summed E-state index contributed by atoms with van der Waals surface area (Å²) in [6.07, 6.45) is -0.539. The summed E-state index contributed by atoms with van der Waals surface area (Å²) in [4.78, 5) is 0. The van der Waals surface area contributed by atoms with E-state index in [0.717, 1.165) is 11.3 Å². The van der Waals surface area contributed by atoms with Crippen LogP contribution in [-0.2, 0) is 0 Å². The number of anilines is 1. The van der Waals surface area contributed by atoms with Gasteiger partial charge >= 0.3 is 0 Å². The van der Waals surface area contributed by atoms with Crippen LogP contribution in [0.15, 0.2) is 66.7 Å². The molecule has 0 bridgehead atoms. The first-order valence-electron chi connectivity index (χ1n) is 7.34. The lowest BCUT2D eigenvalue weighted by molar-refractivity contribution is 0.211. The average molecular weight is 312 g/mol. The SMILES string of the molecule is OC(CCl)CNc1cccc(-c2cccc3ccccc23)c1. The smallest absolute Gasteiger partial charge is 0.0847 e. The average Bonchev–Trinajstić information content (AvgIpc) is 2.59. The van der Waals surface area contributed by atoms with E-state index in [1.807, 2.05) is 12.1 Å². The van der Waals surface area contributed by atoms with Gasteiger partial charge in [-0.15, -0.1) is 11.6 Å². The topological polar surface area (TPSA) is 32.3 Å². The normalized spacial score (nSPS) is 12.3. The zero-order chi connectivity index (χ0) is 15.4. The second-order valence-corrected chi connectivity index (χ2v) is 5.61. The van der Waals surface area contributed by atoms with Crippen molar-refractivity contribution in [2.24, 2.45) is 0 Å². The van der Waals surface area contributed by atoms with Crippen molar-refractivity contribution in [2.75, 3.05) is 17.7 Å². The summed E-state index contributed by atoms with van der Waals surface area (Å²) in [5.41, 5.74) is 3.34. The van der Waals surface area contributed by atoms with Crippen LogP contribution in [0.1, 0.15) is 0 Å². The van der Waals surface area contributed by atoms with Crippen molar-refractivity contribution < 1.29 is 5.11 Å². The maximum absolute atomic E-state index is 9.55. The molecule has 0 amide bonds. The number of halogens is 1. The Kier molecular flexibility index (Phi) is 4.62. The van der Waals surface area contributed by atoms with Crippen LogP contribution in [0.5, 0.6) is 0 Å². The van der Waals surface area contributed by atoms with E-state index in [1.54, 1.807) is 0 Å². The van der Waals surface area contributed by atoms with E-state index < -0.39 is 6.10 Å². The molecule has 1 unspecified atom stereocenters. The number of hydrogen-bond donors (Lipinski definition) is 2. The molecule has 22 heavy (non-hydrogen) atoms. The first-order chi connectivity index (χ1) is 10.8. The van der Waals surface area contributed by atoms with E-state index >= 15 is 0 Å². The summed E-state index contributed by atoms with van der Waals surface area (Å²) in [6, 6.07) is 22.9. The molecule has 3 rings (SSSR count). The van der Waals surface area contributed by atoms with Gasteiger partial charge in [0.15, 0.2) is 0 Å². The lowest BCUT2D eigenvalue weighted by Gasteiger charge is -2.12. The van der Waals surface area contributed by atoms with Crippen LogP contribution >= 0.6 is 11.6 Å². The van der Waals surface area contributed by atoms with Gasteiger partial charge < -0.3 is 10.4 Å². The van der Waals surface area contributed by atoms with Crippen LogP contribution in [-0.4, -0.2) is 23.6 Å². The van der Waals surface area contributed by atoms with E-state index in [9.17, 15) is 5.11 Å². The number of alkyl halides is 1. The number of aliphatic hydroxyl groups excluding tert-OH is 1. The molecule has 0 aromatic heterocycles. The van der Waals surface area contributed by atoms with Crippen molar-refractivity contribution in [3.05, 3.63) is 66.7 Å². The Bertz CT molecular complexity index is 767. The largest absolute Gasteiger partial charge is 0.390 e. The van der Waals surface area contributed by atoms with Crippen LogP contribution < -0.4 is 5.32 Å². The second kappa shape index (κ2) is 6.82. The minimum Gasteiger partial charge on any atom is -0.390 e. The van der Waals surface area contributed by atoms with Crippen molar-refractivity contribution in [2.45, 2.75) is 6.10 Å². The fourth-order valence-electron chi connectivity index (χ4n) is 2.56. The Balaban J connectivity index is 1.94. The molecular weight excluding hydrogens is 294 g/mol. The van der Waals surface area contributed by atoms with Gasteiger partial charge in [0, 0.05) is 12.2 Å². The Hall–Kier alpha value is -2.03. The number of rotatable bonds is 5. The third-order valence-electron chi connectivity index (χ3n) is 3.68. The molecule has 1 atom stereocenters. The Morgan fingerprint density at radius 3 is 2.59 bits per heavy atom. The first kappa shape index (κ1) is 14.9. The standard InChI is InChI=1S/C19H18ClNO/c20-12-17(22)13-21-16-8-3-7-15(11-16)19-10-4-6-14-5-1-2-9-18(14)19/h1-11,17,21-22H,12-13H2. The van der Waals surface area contributed by atoms with Crippen LogP contribution in [0.4, 0.5) is 5.69 Å². The van der Waals surface area contributed by atoms with Crippen molar-refractivity contribution >= 4 is 28.1 Å². The van der Waals surface area contributed by atoms with Gasteiger partial charge in [-0.1, -0.05) is 54.6 Å². The molecule has 0 saturated carbocycles.